The smallest absolute Gasteiger partial charge is 0.330 e. The number of carbonyl (C=O) groups is 3. The minimum atomic E-state index is -1.32. The van der Waals surface area contributed by atoms with Crippen molar-refractivity contribution in [2.75, 3.05) is 14.2 Å². The third-order valence-electron chi connectivity index (χ3n) is 1.61. The first-order valence-electron chi connectivity index (χ1n) is 3.95. The number of rotatable bonds is 5. The molecule has 0 spiro atoms. The van der Waals surface area contributed by atoms with E-state index in [2.05, 4.69) is 9.47 Å². The highest BCUT2D eigenvalue weighted by atomic mass is 16.5. The summed E-state index contributed by atoms with van der Waals surface area (Å²) >= 11 is 0. The molecule has 0 radical (unpaired) electrons. The van der Waals surface area contributed by atoms with Gasteiger partial charge in [0.25, 0.3) is 0 Å². The lowest BCUT2D eigenvalue weighted by molar-refractivity contribution is -0.147. The Labute approximate surface area is 81.3 Å². The maximum atomic E-state index is 11.1. The van der Waals surface area contributed by atoms with Crippen LogP contribution in [-0.4, -0.2) is 38.0 Å². The minimum Gasteiger partial charge on any atom is -0.469 e. The average Bonchev–Trinajstić information content (AvgIpc) is 2.22. The summed E-state index contributed by atoms with van der Waals surface area (Å²) in [4.78, 5) is 32.6. The van der Waals surface area contributed by atoms with E-state index in [1.165, 1.54) is 7.11 Å². The summed E-state index contributed by atoms with van der Waals surface area (Å²) in [6.07, 6.45) is -0.205. The number of ether oxygens (including phenoxy) is 2. The van der Waals surface area contributed by atoms with Crippen LogP contribution < -0.4 is 5.73 Å². The number of esters is 2. The quantitative estimate of drug-likeness (QED) is 0.455. The molecule has 0 amide bonds. The third-order valence-corrected chi connectivity index (χ3v) is 1.61. The molecule has 0 fully saturated rings. The van der Waals surface area contributed by atoms with Gasteiger partial charge in [-0.25, -0.2) is 4.79 Å². The largest absolute Gasteiger partial charge is 0.469 e. The van der Waals surface area contributed by atoms with E-state index < -0.39 is 23.8 Å². The highest BCUT2D eigenvalue weighted by molar-refractivity contribution is 6.03. The van der Waals surface area contributed by atoms with Crippen molar-refractivity contribution < 1.29 is 23.9 Å². The molecular weight excluding hydrogens is 190 g/mol. The van der Waals surface area contributed by atoms with Gasteiger partial charge in [0.1, 0.15) is 0 Å². The van der Waals surface area contributed by atoms with Gasteiger partial charge < -0.3 is 15.2 Å². The molecule has 0 aliphatic carbocycles. The van der Waals surface area contributed by atoms with Crippen molar-refractivity contribution in [2.45, 2.75) is 18.9 Å². The lowest BCUT2D eigenvalue weighted by atomic mass is 10.1. The molecule has 0 aromatic heterocycles. The van der Waals surface area contributed by atoms with Gasteiger partial charge in [0.2, 0.25) is 0 Å². The van der Waals surface area contributed by atoms with E-state index in [0.717, 1.165) is 7.11 Å². The molecule has 6 nitrogen and oxygen atoms in total. The summed E-state index contributed by atoms with van der Waals surface area (Å²) in [5.74, 6) is -1.86. The highest BCUT2D eigenvalue weighted by Gasteiger charge is 2.22. The Balaban J connectivity index is 3.96. The zero-order valence-electron chi connectivity index (χ0n) is 8.11. The Morgan fingerprint density at radius 3 is 2.14 bits per heavy atom. The predicted molar refractivity (Wildman–Crippen MR) is 46.2 cm³/mol. The van der Waals surface area contributed by atoms with Crippen molar-refractivity contribution >= 4 is 17.7 Å². The molecule has 0 heterocycles. The Morgan fingerprint density at radius 2 is 1.71 bits per heavy atom. The fraction of sp³-hybridized carbons (Fsp3) is 0.625. The minimum absolute atomic E-state index is 0.0833. The topological polar surface area (TPSA) is 95.7 Å². The monoisotopic (exact) mass is 203 g/mol. The van der Waals surface area contributed by atoms with E-state index in [9.17, 15) is 14.4 Å². The summed E-state index contributed by atoms with van der Waals surface area (Å²) < 4.78 is 8.58. The maximum absolute atomic E-state index is 11.1. The molecule has 14 heavy (non-hydrogen) atoms. The van der Waals surface area contributed by atoms with E-state index in [0.29, 0.717) is 0 Å². The number of nitrogens with two attached hydrogens (primary N) is 1. The van der Waals surface area contributed by atoms with Gasteiger partial charge in [-0.15, -0.1) is 0 Å². The number of hydrogen-bond acceptors (Lipinski definition) is 6. The van der Waals surface area contributed by atoms with Crippen LogP contribution in [0.4, 0.5) is 0 Å². The second kappa shape index (κ2) is 6.09. The van der Waals surface area contributed by atoms with Crippen molar-refractivity contribution in [3.63, 3.8) is 0 Å². The van der Waals surface area contributed by atoms with Crippen LogP contribution in [-0.2, 0) is 23.9 Å². The standard InChI is InChI=1S/C8H13NO5/c1-13-6(11)4-3-5(10)7(9)8(12)14-2/h7H,3-4,9H2,1-2H3/t7-/m1/s1. The van der Waals surface area contributed by atoms with Gasteiger partial charge in [-0.2, -0.15) is 0 Å². The molecule has 0 aromatic carbocycles. The number of ketones is 1. The zero-order chi connectivity index (χ0) is 11.1. The van der Waals surface area contributed by atoms with Crippen molar-refractivity contribution in [1.82, 2.24) is 0 Å². The van der Waals surface area contributed by atoms with Crippen LogP contribution >= 0.6 is 0 Å². The second-order valence-corrected chi connectivity index (χ2v) is 2.54. The molecule has 0 aromatic rings. The van der Waals surface area contributed by atoms with Crippen LogP contribution in [0.5, 0.6) is 0 Å². The van der Waals surface area contributed by atoms with Crippen LogP contribution in [0.2, 0.25) is 0 Å². The fourth-order valence-corrected chi connectivity index (χ4v) is 0.741. The van der Waals surface area contributed by atoms with E-state index in [4.69, 9.17) is 5.73 Å². The van der Waals surface area contributed by atoms with Crippen LogP contribution in [0.25, 0.3) is 0 Å². The van der Waals surface area contributed by atoms with Gasteiger partial charge in [0.15, 0.2) is 11.8 Å². The first-order valence-corrected chi connectivity index (χ1v) is 3.95. The molecule has 0 aliphatic rings. The average molecular weight is 203 g/mol. The van der Waals surface area contributed by atoms with Crippen molar-refractivity contribution in [2.24, 2.45) is 5.73 Å². The fourth-order valence-electron chi connectivity index (χ4n) is 0.741. The highest BCUT2D eigenvalue weighted by Crippen LogP contribution is 1.97. The molecule has 0 rings (SSSR count). The molecule has 2 N–H and O–H groups in total. The Morgan fingerprint density at radius 1 is 1.14 bits per heavy atom. The molecule has 0 aliphatic heterocycles. The van der Waals surface area contributed by atoms with Gasteiger partial charge in [-0.1, -0.05) is 0 Å². The molecule has 0 unspecified atom stereocenters. The number of hydrogen-bond donors (Lipinski definition) is 1. The first-order chi connectivity index (χ1) is 6.52. The van der Waals surface area contributed by atoms with Crippen molar-refractivity contribution in [3.05, 3.63) is 0 Å². The van der Waals surface area contributed by atoms with Gasteiger partial charge >= 0.3 is 11.9 Å². The van der Waals surface area contributed by atoms with E-state index >= 15 is 0 Å². The molecule has 0 saturated heterocycles. The summed E-state index contributed by atoms with van der Waals surface area (Å²) in [6.45, 7) is 0. The number of Topliss-reactive ketones (excluding diaryl/α,β-unsaturated/α-hetero) is 1. The predicted octanol–water partition coefficient (Wildman–Crippen LogP) is -0.991. The first kappa shape index (κ1) is 12.6. The van der Waals surface area contributed by atoms with Gasteiger partial charge in [-0.3, -0.25) is 9.59 Å². The summed E-state index contributed by atoms with van der Waals surface area (Å²) in [6, 6.07) is -1.32. The molecular formula is C8H13NO5. The van der Waals surface area contributed by atoms with Crippen molar-refractivity contribution in [3.8, 4) is 0 Å². The maximum Gasteiger partial charge on any atom is 0.330 e. The number of methoxy groups -OCH3 is 2. The van der Waals surface area contributed by atoms with Crippen molar-refractivity contribution in [1.29, 1.82) is 0 Å². The lowest BCUT2D eigenvalue weighted by Gasteiger charge is -2.06. The zero-order valence-corrected chi connectivity index (χ0v) is 8.11. The summed E-state index contributed by atoms with van der Waals surface area (Å²) in [7, 11) is 2.35. The lowest BCUT2D eigenvalue weighted by Crippen LogP contribution is -2.39. The van der Waals surface area contributed by atoms with Crippen LogP contribution in [0.15, 0.2) is 0 Å². The van der Waals surface area contributed by atoms with E-state index in [1.807, 2.05) is 0 Å². The Kier molecular flexibility index (Phi) is 5.47. The Hall–Kier alpha value is -1.43. The second-order valence-electron chi connectivity index (χ2n) is 2.54. The Bertz CT molecular complexity index is 238. The summed E-state index contributed by atoms with van der Waals surface area (Å²) in [5, 5.41) is 0. The van der Waals surface area contributed by atoms with Crippen LogP contribution in [0.1, 0.15) is 12.8 Å². The van der Waals surface area contributed by atoms with Gasteiger partial charge in [0.05, 0.1) is 20.6 Å². The molecule has 1 atom stereocenters. The van der Waals surface area contributed by atoms with Crippen LogP contribution in [0.3, 0.4) is 0 Å². The van der Waals surface area contributed by atoms with E-state index in [-0.39, 0.29) is 12.8 Å². The summed E-state index contributed by atoms with van der Waals surface area (Å²) in [5.41, 5.74) is 5.22. The number of carbonyl (C=O) groups excluding carboxylic acids is 3. The molecule has 0 bridgehead atoms. The van der Waals surface area contributed by atoms with Gasteiger partial charge in [0, 0.05) is 6.42 Å². The molecule has 0 saturated carbocycles. The van der Waals surface area contributed by atoms with Crippen LogP contribution in [0, 0.1) is 0 Å². The van der Waals surface area contributed by atoms with Gasteiger partial charge in [-0.05, 0) is 0 Å². The molecule has 6 heteroatoms. The SMILES string of the molecule is COC(=O)CCC(=O)[C@@H](N)C(=O)OC. The third kappa shape index (κ3) is 3.99. The molecule has 80 valence electrons. The normalized spacial score (nSPS) is 11.6. The van der Waals surface area contributed by atoms with E-state index in [1.54, 1.807) is 0 Å².